The summed E-state index contributed by atoms with van der Waals surface area (Å²) in [4.78, 5) is 22.8. The highest BCUT2D eigenvalue weighted by atomic mass is 32.2. The smallest absolute Gasteiger partial charge is 0.271 e. The van der Waals surface area contributed by atoms with Gasteiger partial charge in [-0.25, -0.2) is 8.42 Å². The molecule has 0 aliphatic heterocycles. The van der Waals surface area contributed by atoms with Crippen molar-refractivity contribution in [1.82, 2.24) is 5.32 Å². The number of non-ortho nitro benzene ring substituents is 1. The molecule has 0 bridgehead atoms. The van der Waals surface area contributed by atoms with Gasteiger partial charge in [0.1, 0.15) is 18.0 Å². The van der Waals surface area contributed by atoms with Crippen LogP contribution >= 0.6 is 0 Å². The Balaban J connectivity index is 2.26. The van der Waals surface area contributed by atoms with Crippen molar-refractivity contribution in [2.45, 2.75) is 13.5 Å². The van der Waals surface area contributed by atoms with Gasteiger partial charge in [-0.3, -0.25) is 19.2 Å². The maximum atomic E-state index is 12.4. The van der Waals surface area contributed by atoms with Crippen LogP contribution in [-0.4, -0.2) is 39.2 Å². The Hall–Kier alpha value is -3.14. The molecule has 0 atom stereocenters. The summed E-state index contributed by atoms with van der Waals surface area (Å²) in [5.41, 5.74) is 1.51. The Morgan fingerprint density at radius 2 is 1.96 bits per heavy atom. The van der Waals surface area contributed by atoms with Crippen molar-refractivity contribution in [3.05, 3.63) is 63.7 Å². The number of amides is 1. The average molecular weight is 407 g/mol. The van der Waals surface area contributed by atoms with Crippen molar-refractivity contribution >= 4 is 27.3 Å². The number of sulfonamides is 1. The fraction of sp³-hybridized carbons (Fsp3) is 0.278. The van der Waals surface area contributed by atoms with E-state index in [2.05, 4.69) is 5.32 Å². The van der Waals surface area contributed by atoms with Gasteiger partial charge in [0.25, 0.3) is 5.69 Å². The SMILES string of the molecule is COc1ccc([N+](=O)[O-])cc1N(CC(=O)NCc1cccc(C)c1)S(C)(=O)=O. The minimum absolute atomic E-state index is 0.0788. The van der Waals surface area contributed by atoms with E-state index in [9.17, 15) is 23.3 Å². The van der Waals surface area contributed by atoms with Crippen LogP contribution < -0.4 is 14.4 Å². The topological polar surface area (TPSA) is 119 Å². The van der Waals surface area contributed by atoms with Crippen LogP contribution in [0.4, 0.5) is 11.4 Å². The third-order valence-corrected chi connectivity index (χ3v) is 5.03. The van der Waals surface area contributed by atoms with Crippen LogP contribution in [0.15, 0.2) is 42.5 Å². The summed E-state index contributed by atoms with van der Waals surface area (Å²) < 4.78 is 30.4. The second-order valence-electron chi connectivity index (χ2n) is 6.15. The van der Waals surface area contributed by atoms with Gasteiger partial charge in [-0.15, -0.1) is 0 Å². The number of carbonyl (C=O) groups excluding carboxylic acids is 1. The number of anilines is 1. The summed E-state index contributed by atoms with van der Waals surface area (Å²) in [7, 11) is -2.60. The molecular weight excluding hydrogens is 386 g/mol. The normalized spacial score (nSPS) is 11.0. The molecule has 150 valence electrons. The molecule has 0 aromatic heterocycles. The molecule has 0 saturated heterocycles. The molecule has 2 rings (SSSR count). The fourth-order valence-corrected chi connectivity index (χ4v) is 3.43. The van der Waals surface area contributed by atoms with Gasteiger partial charge in [-0.1, -0.05) is 29.8 Å². The molecule has 28 heavy (non-hydrogen) atoms. The summed E-state index contributed by atoms with van der Waals surface area (Å²) in [6.07, 6.45) is 0.916. The number of aryl methyl sites for hydroxylation is 1. The number of nitro benzene ring substituents is 1. The van der Waals surface area contributed by atoms with Crippen LogP contribution in [0.25, 0.3) is 0 Å². The van der Waals surface area contributed by atoms with Crippen LogP contribution in [0.3, 0.4) is 0 Å². The van der Waals surface area contributed by atoms with Gasteiger partial charge in [0, 0.05) is 18.7 Å². The van der Waals surface area contributed by atoms with E-state index < -0.39 is 27.4 Å². The standard InChI is InChI=1S/C18H21N3O6S/c1-13-5-4-6-14(9-13)11-19-18(22)12-20(28(3,25)26)16-10-15(21(23)24)7-8-17(16)27-2/h4-10H,11-12H2,1-3H3,(H,19,22). The highest BCUT2D eigenvalue weighted by Crippen LogP contribution is 2.33. The van der Waals surface area contributed by atoms with Crippen molar-refractivity contribution in [3.63, 3.8) is 0 Å². The van der Waals surface area contributed by atoms with Crippen molar-refractivity contribution in [2.24, 2.45) is 0 Å². The zero-order valence-electron chi connectivity index (χ0n) is 15.7. The molecule has 0 saturated carbocycles. The number of rotatable bonds is 8. The Morgan fingerprint density at radius 1 is 1.25 bits per heavy atom. The van der Waals surface area contributed by atoms with E-state index in [-0.39, 0.29) is 23.7 Å². The first-order chi connectivity index (χ1) is 13.1. The van der Waals surface area contributed by atoms with Gasteiger partial charge in [-0.2, -0.15) is 0 Å². The van der Waals surface area contributed by atoms with Gasteiger partial charge in [0.05, 0.1) is 18.3 Å². The molecular formula is C18H21N3O6S. The van der Waals surface area contributed by atoms with Crippen LogP contribution in [0.2, 0.25) is 0 Å². The Morgan fingerprint density at radius 3 is 2.54 bits per heavy atom. The van der Waals surface area contributed by atoms with Crippen LogP contribution in [0, 0.1) is 17.0 Å². The van der Waals surface area contributed by atoms with E-state index in [1.165, 1.54) is 19.2 Å². The number of nitrogens with one attached hydrogen (secondary N) is 1. The lowest BCUT2D eigenvalue weighted by Gasteiger charge is -2.23. The lowest BCUT2D eigenvalue weighted by atomic mass is 10.1. The van der Waals surface area contributed by atoms with Crippen molar-refractivity contribution in [3.8, 4) is 5.75 Å². The van der Waals surface area contributed by atoms with Crippen molar-refractivity contribution < 1.29 is 22.9 Å². The van der Waals surface area contributed by atoms with E-state index in [1.54, 1.807) is 0 Å². The minimum atomic E-state index is -3.91. The lowest BCUT2D eigenvalue weighted by molar-refractivity contribution is -0.384. The maximum Gasteiger partial charge on any atom is 0.271 e. The van der Waals surface area contributed by atoms with E-state index in [4.69, 9.17) is 4.74 Å². The zero-order valence-corrected chi connectivity index (χ0v) is 16.5. The van der Waals surface area contributed by atoms with Gasteiger partial charge >= 0.3 is 0 Å². The van der Waals surface area contributed by atoms with Gasteiger partial charge in [0.2, 0.25) is 15.9 Å². The van der Waals surface area contributed by atoms with Crippen molar-refractivity contribution in [2.75, 3.05) is 24.2 Å². The first kappa shape index (κ1) is 21.2. The molecule has 0 aliphatic carbocycles. The van der Waals surface area contributed by atoms with E-state index in [1.807, 2.05) is 31.2 Å². The maximum absolute atomic E-state index is 12.4. The van der Waals surface area contributed by atoms with E-state index >= 15 is 0 Å². The third-order valence-electron chi connectivity index (χ3n) is 3.90. The summed E-state index contributed by atoms with van der Waals surface area (Å²) in [5.74, 6) is -0.456. The molecule has 0 aliphatic rings. The predicted octanol–water partition coefficient (Wildman–Crippen LogP) is 1.99. The highest BCUT2D eigenvalue weighted by Gasteiger charge is 2.26. The summed E-state index contributed by atoms with van der Waals surface area (Å²) >= 11 is 0. The number of hydrogen-bond acceptors (Lipinski definition) is 6. The highest BCUT2D eigenvalue weighted by molar-refractivity contribution is 7.92. The lowest BCUT2D eigenvalue weighted by Crippen LogP contribution is -2.40. The number of nitro groups is 1. The van der Waals surface area contributed by atoms with Gasteiger partial charge in [-0.05, 0) is 18.6 Å². The number of ether oxygens (including phenoxy) is 1. The fourth-order valence-electron chi connectivity index (χ4n) is 2.58. The van der Waals surface area contributed by atoms with Gasteiger partial charge in [0.15, 0.2) is 0 Å². The molecule has 0 fully saturated rings. The van der Waals surface area contributed by atoms with E-state index in [0.29, 0.717) is 0 Å². The number of nitrogens with zero attached hydrogens (tertiary/aromatic N) is 2. The molecule has 9 nitrogen and oxygen atoms in total. The first-order valence-electron chi connectivity index (χ1n) is 8.24. The predicted molar refractivity (Wildman–Crippen MR) is 105 cm³/mol. The molecule has 2 aromatic rings. The second-order valence-corrected chi connectivity index (χ2v) is 8.06. The van der Waals surface area contributed by atoms with Crippen LogP contribution in [-0.2, 0) is 21.4 Å². The summed E-state index contributed by atoms with van der Waals surface area (Å²) in [6.45, 7) is 1.61. The average Bonchev–Trinajstić information content (AvgIpc) is 2.63. The first-order valence-corrected chi connectivity index (χ1v) is 10.1. The molecule has 0 radical (unpaired) electrons. The molecule has 0 spiro atoms. The molecule has 10 heteroatoms. The molecule has 0 unspecified atom stereocenters. The monoisotopic (exact) mass is 407 g/mol. The number of carbonyl (C=O) groups is 1. The summed E-state index contributed by atoms with van der Waals surface area (Å²) in [5, 5.41) is 13.7. The minimum Gasteiger partial charge on any atom is -0.495 e. The van der Waals surface area contributed by atoms with Crippen molar-refractivity contribution in [1.29, 1.82) is 0 Å². The van der Waals surface area contributed by atoms with Crippen LogP contribution in [0.1, 0.15) is 11.1 Å². The number of methoxy groups -OCH3 is 1. The Bertz CT molecular complexity index is 991. The summed E-state index contributed by atoms with van der Waals surface area (Å²) in [6, 6.07) is 11.1. The number of hydrogen-bond donors (Lipinski definition) is 1. The second kappa shape index (κ2) is 8.70. The Kier molecular flexibility index (Phi) is 6.57. The molecule has 0 heterocycles. The molecule has 1 amide bonds. The molecule has 1 N–H and O–H groups in total. The Labute approximate surface area is 163 Å². The van der Waals surface area contributed by atoms with Crippen LogP contribution in [0.5, 0.6) is 5.75 Å². The third kappa shape index (κ3) is 5.43. The quantitative estimate of drug-likeness (QED) is 0.528. The largest absolute Gasteiger partial charge is 0.495 e. The zero-order chi connectivity index (χ0) is 20.9. The number of benzene rings is 2. The van der Waals surface area contributed by atoms with E-state index in [0.717, 1.165) is 27.8 Å². The molecule has 2 aromatic carbocycles. The van der Waals surface area contributed by atoms with Gasteiger partial charge < -0.3 is 10.1 Å².